The van der Waals surface area contributed by atoms with Crippen LogP contribution in [-0.2, 0) is 7.05 Å². The molecule has 0 aliphatic heterocycles. The van der Waals surface area contributed by atoms with E-state index in [0.29, 0.717) is 0 Å². The summed E-state index contributed by atoms with van der Waals surface area (Å²) in [6.07, 6.45) is 6.74. The molecule has 78 valence electrons. The van der Waals surface area contributed by atoms with Gasteiger partial charge in [-0.1, -0.05) is 24.6 Å². The van der Waals surface area contributed by atoms with Gasteiger partial charge in [0.1, 0.15) is 6.33 Å². The lowest BCUT2D eigenvalue weighted by Crippen LogP contribution is -2.31. The first-order valence-corrected chi connectivity index (χ1v) is 5.80. The zero-order valence-corrected chi connectivity index (χ0v) is 9.26. The summed E-state index contributed by atoms with van der Waals surface area (Å²) in [6, 6.07) is 0. The minimum atomic E-state index is 0.223. The molecule has 4 nitrogen and oxygen atoms in total. The summed E-state index contributed by atoms with van der Waals surface area (Å²) < 4.78 is 2.18. The van der Waals surface area contributed by atoms with E-state index in [-0.39, 0.29) is 4.75 Å². The Balaban J connectivity index is 2.12. The molecule has 0 spiro atoms. The molecule has 1 aromatic rings. The Morgan fingerprint density at radius 1 is 1.57 bits per heavy atom. The topological polar surface area (TPSA) is 56.7 Å². The first-order valence-electron chi connectivity index (χ1n) is 4.99. The van der Waals surface area contributed by atoms with Crippen molar-refractivity contribution in [1.29, 1.82) is 0 Å². The normalized spacial score (nSPS) is 20.1. The van der Waals surface area contributed by atoms with E-state index in [9.17, 15) is 0 Å². The molecule has 14 heavy (non-hydrogen) atoms. The first-order chi connectivity index (χ1) is 6.76. The predicted molar refractivity (Wildman–Crippen MR) is 57.1 cm³/mol. The van der Waals surface area contributed by atoms with Crippen molar-refractivity contribution in [3.05, 3.63) is 6.33 Å². The Kier molecular flexibility index (Phi) is 2.78. The highest BCUT2D eigenvalue weighted by molar-refractivity contribution is 8.00. The largest absolute Gasteiger partial charge is 0.329 e. The van der Waals surface area contributed by atoms with Crippen LogP contribution in [0.25, 0.3) is 0 Å². The van der Waals surface area contributed by atoms with Gasteiger partial charge in [-0.25, -0.2) is 0 Å². The van der Waals surface area contributed by atoms with E-state index in [1.54, 1.807) is 18.1 Å². The Labute approximate surface area is 88.3 Å². The fraction of sp³-hybridized carbons (Fsp3) is 0.778. The van der Waals surface area contributed by atoms with Crippen molar-refractivity contribution in [2.45, 2.75) is 35.6 Å². The highest BCUT2D eigenvalue weighted by Gasteiger charge is 2.34. The molecule has 1 aliphatic carbocycles. The van der Waals surface area contributed by atoms with Gasteiger partial charge in [0.25, 0.3) is 0 Å². The van der Waals surface area contributed by atoms with Gasteiger partial charge in [0.05, 0.1) is 0 Å². The van der Waals surface area contributed by atoms with Gasteiger partial charge in [-0.2, -0.15) is 0 Å². The fourth-order valence-electron chi connectivity index (χ4n) is 1.93. The van der Waals surface area contributed by atoms with E-state index in [2.05, 4.69) is 10.2 Å². The SMILES string of the molecule is Cn1cnnc1SC1(CN)CCCC1. The first kappa shape index (κ1) is 9.98. The van der Waals surface area contributed by atoms with Crippen molar-refractivity contribution >= 4 is 11.8 Å². The lowest BCUT2D eigenvalue weighted by atomic mass is 10.1. The van der Waals surface area contributed by atoms with Gasteiger partial charge >= 0.3 is 0 Å². The average Bonchev–Trinajstić information content (AvgIpc) is 2.79. The van der Waals surface area contributed by atoms with Crippen molar-refractivity contribution in [2.24, 2.45) is 12.8 Å². The van der Waals surface area contributed by atoms with E-state index < -0.39 is 0 Å². The number of hydrogen-bond donors (Lipinski definition) is 1. The number of aryl methyl sites for hydroxylation is 1. The van der Waals surface area contributed by atoms with Gasteiger partial charge in [-0.05, 0) is 12.8 Å². The highest BCUT2D eigenvalue weighted by Crippen LogP contribution is 2.43. The van der Waals surface area contributed by atoms with Crippen molar-refractivity contribution in [3.8, 4) is 0 Å². The molecule has 2 rings (SSSR count). The summed E-state index contributed by atoms with van der Waals surface area (Å²) in [4.78, 5) is 0. The number of rotatable bonds is 3. The molecular formula is C9H16N4S. The summed E-state index contributed by atoms with van der Waals surface area (Å²) in [5.41, 5.74) is 5.86. The Morgan fingerprint density at radius 2 is 2.29 bits per heavy atom. The summed E-state index contributed by atoms with van der Waals surface area (Å²) in [7, 11) is 1.97. The van der Waals surface area contributed by atoms with Crippen LogP contribution in [0.2, 0.25) is 0 Å². The molecule has 1 aromatic heterocycles. The Bertz CT molecular complexity index is 304. The number of hydrogen-bond acceptors (Lipinski definition) is 4. The third-order valence-electron chi connectivity index (χ3n) is 2.86. The van der Waals surface area contributed by atoms with Gasteiger partial charge in [-0.3, -0.25) is 0 Å². The summed E-state index contributed by atoms with van der Waals surface area (Å²) in [5.74, 6) is 0. The Morgan fingerprint density at radius 3 is 2.79 bits per heavy atom. The molecule has 0 bridgehead atoms. The molecule has 1 fully saturated rings. The highest BCUT2D eigenvalue weighted by atomic mass is 32.2. The quantitative estimate of drug-likeness (QED) is 0.817. The summed E-state index contributed by atoms with van der Waals surface area (Å²) >= 11 is 1.80. The van der Waals surface area contributed by atoms with Crippen molar-refractivity contribution in [3.63, 3.8) is 0 Å². The van der Waals surface area contributed by atoms with Crippen LogP contribution in [0.1, 0.15) is 25.7 Å². The minimum absolute atomic E-state index is 0.223. The van der Waals surface area contributed by atoms with Crippen LogP contribution in [-0.4, -0.2) is 26.1 Å². The van der Waals surface area contributed by atoms with Crippen LogP contribution >= 0.6 is 11.8 Å². The van der Waals surface area contributed by atoms with Crippen LogP contribution in [0.15, 0.2) is 11.5 Å². The molecular weight excluding hydrogens is 196 g/mol. The molecule has 0 aromatic carbocycles. The van der Waals surface area contributed by atoms with Crippen molar-refractivity contribution in [1.82, 2.24) is 14.8 Å². The van der Waals surface area contributed by atoms with Crippen LogP contribution in [0.4, 0.5) is 0 Å². The fourth-order valence-corrected chi connectivity index (χ4v) is 3.17. The average molecular weight is 212 g/mol. The zero-order chi connectivity index (χ0) is 10.0. The van der Waals surface area contributed by atoms with Crippen molar-refractivity contribution < 1.29 is 0 Å². The van der Waals surface area contributed by atoms with Crippen LogP contribution < -0.4 is 5.73 Å². The second kappa shape index (κ2) is 3.90. The number of nitrogens with two attached hydrogens (primary N) is 1. The molecule has 0 saturated heterocycles. The van der Waals surface area contributed by atoms with E-state index >= 15 is 0 Å². The predicted octanol–water partition coefficient (Wildman–Crippen LogP) is 1.18. The van der Waals surface area contributed by atoms with Gasteiger partial charge in [-0.15, -0.1) is 10.2 Å². The van der Waals surface area contributed by atoms with E-state index in [1.807, 2.05) is 11.6 Å². The second-order valence-electron chi connectivity index (χ2n) is 3.92. The lowest BCUT2D eigenvalue weighted by molar-refractivity contribution is 0.612. The number of aromatic nitrogens is 3. The van der Waals surface area contributed by atoms with Crippen LogP contribution in [0.3, 0.4) is 0 Å². The zero-order valence-electron chi connectivity index (χ0n) is 8.44. The number of thioether (sulfide) groups is 1. The van der Waals surface area contributed by atoms with E-state index in [0.717, 1.165) is 11.7 Å². The summed E-state index contributed by atoms with van der Waals surface area (Å²) in [6.45, 7) is 0.741. The smallest absolute Gasteiger partial charge is 0.191 e. The molecule has 0 atom stereocenters. The van der Waals surface area contributed by atoms with Gasteiger partial charge in [0.2, 0.25) is 0 Å². The summed E-state index contributed by atoms with van der Waals surface area (Å²) in [5, 5.41) is 8.96. The minimum Gasteiger partial charge on any atom is -0.329 e. The molecule has 1 saturated carbocycles. The molecule has 1 heterocycles. The third-order valence-corrected chi connectivity index (χ3v) is 4.42. The maximum atomic E-state index is 5.86. The monoisotopic (exact) mass is 212 g/mol. The molecule has 0 amide bonds. The van der Waals surface area contributed by atoms with Crippen LogP contribution in [0.5, 0.6) is 0 Å². The van der Waals surface area contributed by atoms with E-state index in [1.165, 1.54) is 25.7 Å². The Hall–Kier alpha value is -0.550. The standard InChI is InChI=1S/C9H16N4S/c1-13-7-11-12-8(13)14-9(6-10)4-2-3-5-9/h7H,2-6,10H2,1H3. The van der Waals surface area contributed by atoms with Gasteiger partial charge < -0.3 is 10.3 Å². The van der Waals surface area contributed by atoms with Gasteiger partial charge in [0.15, 0.2) is 5.16 Å². The maximum absolute atomic E-state index is 5.86. The van der Waals surface area contributed by atoms with Crippen LogP contribution in [0, 0.1) is 0 Å². The molecule has 1 aliphatic rings. The second-order valence-corrected chi connectivity index (χ2v) is 5.36. The molecule has 2 N–H and O–H groups in total. The molecule has 0 unspecified atom stereocenters. The molecule has 0 radical (unpaired) electrons. The third kappa shape index (κ3) is 1.79. The van der Waals surface area contributed by atoms with Crippen molar-refractivity contribution in [2.75, 3.05) is 6.54 Å². The van der Waals surface area contributed by atoms with E-state index in [4.69, 9.17) is 5.73 Å². The van der Waals surface area contributed by atoms with Gasteiger partial charge in [0, 0.05) is 18.3 Å². The maximum Gasteiger partial charge on any atom is 0.191 e. The lowest BCUT2D eigenvalue weighted by Gasteiger charge is -2.25. The molecule has 5 heteroatoms. The number of nitrogens with zero attached hydrogens (tertiary/aromatic N) is 3.